The lowest BCUT2D eigenvalue weighted by Gasteiger charge is -2.07. The number of benzene rings is 1. The van der Waals surface area contributed by atoms with Gasteiger partial charge in [0.25, 0.3) is 0 Å². The number of carbonyl (C=O) groups is 1. The van der Waals surface area contributed by atoms with Crippen molar-refractivity contribution >= 4 is 6.29 Å². The molecule has 2 rings (SSSR count). The average Bonchev–Trinajstić information content (AvgIpc) is 2.87. The second-order valence-electron chi connectivity index (χ2n) is 4.75. The van der Waals surface area contributed by atoms with Gasteiger partial charge in [-0.25, -0.2) is 0 Å². The van der Waals surface area contributed by atoms with Crippen LogP contribution in [0.15, 0.2) is 30.5 Å². The fourth-order valence-corrected chi connectivity index (χ4v) is 2.02. The van der Waals surface area contributed by atoms with E-state index in [-0.39, 0.29) is 5.69 Å². The Hall–Kier alpha value is -2.11. The van der Waals surface area contributed by atoms with E-state index >= 15 is 0 Å². The summed E-state index contributed by atoms with van der Waals surface area (Å²) in [7, 11) is 0. The van der Waals surface area contributed by atoms with Crippen LogP contribution in [-0.2, 0) is 12.7 Å². The number of aldehydes is 1. The SMILES string of the molecule is CCCCn1cc(C=O)c(-c2cccc(C(F)(F)F)c2)n1. The first-order valence-electron chi connectivity index (χ1n) is 6.66. The van der Waals surface area contributed by atoms with Crippen molar-refractivity contribution in [3.05, 3.63) is 41.6 Å². The zero-order valence-electron chi connectivity index (χ0n) is 11.5. The number of aryl methyl sites for hydroxylation is 1. The van der Waals surface area contributed by atoms with E-state index < -0.39 is 11.7 Å². The van der Waals surface area contributed by atoms with Crippen molar-refractivity contribution in [2.75, 3.05) is 0 Å². The predicted octanol–water partition coefficient (Wildman–Crippen LogP) is 4.18. The molecule has 6 heteroatoms. The Balaban J connectivity index is 2.41. The Morgan fingerprint density at radius 2 is 2.10 bits per heavy atom. The van der Waals surface area contributed by atoms with Crippen LogP contribution in [0.1, 0.15) is 35.7 Å². The van der Waals surface area contributed by atoms with Crippen LogP contribution in [0.5, 0.6) is 0 Å². The summed E-state index contributed by atoms with van der Waals surface area (Å²) < 4.78 is 39.8. The molecular formula is C15H15F3N2O. The number of rotatable bonds is 5. The second kappa shape index (κ2) is 6.11. The smallest absolute Gasteiger partial charge is 0.298 e. The van der Waals surface area contributed by atoms with E-state index in [4.69, 9.17) is 0 Å². The van der Waals surface area contributed by atoms with E-state index in [2.05, 4.69) is 5.10 Å². The van der Waals surface area contributed by atoms with Crippen molar-refractivity contribution in [1.82, 2.24) is 9.78 Å². The third-order valence-electron chi connectivity index (χ3n) is 3.12. The van der Waals surface area contributed by atoms with Crippen molar-refractivity contribution in [3.8, 4) is 11.3 Å². The Kier molecular flexibility index (Phi) is 4.45. The van der Waals surface area contributed by atoms with Gasteiger partial charge >= 0.3 is 6.18 Å². The normalized spacial score (nSPS) is 11.6. The molecule has 0 radical (unpaired) electrons. The maximum Gasteiger partial charge on any atom is 0.416 e. The molecule has 0 fully saturated rings. The molecule has 0 aliphatic carbocycles. The number of hydrogen-bond acceptors (Lipinski definition) is 2. The fraction of sp³-hybridized carbons (Fsp3) is 0.333. The van der Waals surface area contributed by atoms with E-state index in [1.165, 1.54) is 12.1 Å². The van der Waals surface area contributed by atoms with Gasteiger partial charge in [0.05, 0.1) is 11.1 Å². The van der Waals surface area contributed by atoms with Crippen LogP contribution in [0.2, 0.25) is 0 Å². The molecule has 0 spiro atoms. The van der Waals surface area contributed by atoms with Crippen molar-refractivity contribution < 1.29 is 18.0 Å². The zero-order valence-corrected chi connectivity index (χ0v) is 11.5. The third-order valence-corrected chi connectivity index (χ3v) is 3.12. The molecule has 0 aliphatic rings. The molecule has 0 unspecified atom stereocenters. The van der Waals surface area contributed by atoms with Gasteiger partial charge in [-0.2, -0.15) is 18.3 Å². The van der Waals surface area contributed by atoms with Gasteiger partial charge in [0.2, 0.25) is 0 Å². The first kappa shape index (κ1) is 15.3. The molecule has 0 N–H and O–H groups in total. The first-order valence-corrected chi connectivity index (χ1v) is 6.66. The summed E-state index contributed by atoms with van der Waals surface area (Å²) in [5.74, 6) is 0. The summed E-state index contributed by atoms with van der Waals surface area (Å²) in [4.78, 5) is 11.1. The lowest BCUT2D eigenvalue weighted by Crippen LogP contribution is -2.04. The summed E-state index contributed by atoms with van der Waals surface area (Å²) in [5, 5.41) is 4.23. The van der Waals surface area contributed by atoms with Gasteiger partial charge in [-0.05, 0) is 18.6 Å². The molecule has 0 saturated carbocycles. The summed E-state index contributed by atoms with van der Waals surface area (Å²) >= 11 is 0. The van der Waals surface area contributed by atoms with Gasteiger partial charge in [-0.1, -0.05) is 25.5 Å². The topological polar surface area (TPSA) is 34.9 Å². The summed E-state index contributed by atoms with van der Waals surface area (Å²) in [6, 6.07) is 4.85. The standard InChI is InChI=1S/C15H15F3N2O/c1-2-3-7-20-9-12(10-21)14(19-20)11-5-4-6-13(8-11)15(16,17)18/h4-6,8-10H,2-3,7H2,1H3. The number of unbranched alkanes of at least 4 members (excludes halogenated alkanes) is 1. The number of alkyl halides is 3. The molecule has 0 amide bonds. The molecule has 1 aromatic heterocycles. The van der Waals surface area contributed by atoms with E-state index in [9.17, 15) is 18.0 Å². The van der Waals surface area contributed by atoms with E-state index in [1.54, 1.807) is 10.9 Å². The van der Waals surface area contributed by atoms with Crippen LogP contribution in [0.25, 0.3) is 11.3 Å². The molecular weight excluding hydrogens is 281 g/mol. The van der Waals surface area contributed by atoms with Crippen molar-refractivity contribution in [2.24, 2.45) is 0 Å². The highest BCUT2D eigenvalue weighted by atomic mass is 19.4. The minimum atomic E-state index is -4.41. The van der Waals surface area contributed by atoms with Crippen molar-refractivity contribution in [3.63, 3.8) is 0 Å². The average molecular weight is 296 g/mol. The van der Waals surface area contributed by atoms with E-state index in [0.717, 1.165) is 25.0 Å². The Labute approximate surface area is 120 Å². The molecule has 1 heterocycles. The molecule has 112 valence electrons. The minimum absolute atomic E-state index is 0.284. The highest BCUT2D eigenvalue weighted by molar-refractivity contribution is 5.85. The Bertz CT molecular complexity index is 632. The monoisotopic (exact) mass is 296 g/mol. The number of hydrogen-bond donors (Lipinski definition) is 0. The van der Waals surface area contributed by atoms with Crippen LogP contribution in [0.4, 0.5) is 13.2 Å². The minimum Gasteiger partial charge on any atom is -0.298 e. The van der Waals surface area contributed by atoms with Crippen molar-refractivity contribution in [2.45, 2.75) is 32.5 Å². The fourth-order valence-electron chi connectivity index (χ4n) is 2.02. The molecule has 0 aliphatic heterocycles. The van der Waals surface area contributed by atoms with Gasteiger partial charge in [-0.3, -0.25) is 9.48 Å². The summed E-state index contributed by atoms with van der Waals surface area (Å²) in [6.45, 7) is 2.66. The van der Waals surface area contributed by atoms with Crippen LogP contribution in [0, 0.1) is 0 Å². The molecule has 0 saturated heterocycles. The van der Waals surface area contributed by atoms with E-state index in [1.807, 2.05) is 6.92 Å². The van der Waals surface area contributed by atoms with Gasteiger partial charge in [0.15, 0.2) is 6.29 Å². The van der Waals surface area contributed by atoms with Crippen LogP contribution in [0.3, 0.4) is 0 Å². The first-order chi connectivity index (χ1) is 9.95. The zero-order chi connectivity index (χ0) is 15.5. The molecule has 0 atom stereocenters. The quantitative estimate of drug-likeness (QED) is 0.776. The maximum absolute atomic E-state index is 12.7. The number of halogens is 3. The Morgan fingerprint density at radius 1 is 1.33 bits per heavy atom. The molecule has 2 aromatic rings. The van der Waals surface area contributed by atoms with Gasteiger partial charge in [0.1, 0.15) is 5.69 Å². The summed E-state index contributed by atoms with van der Waals surface area (Å²) in [5.41, 5.74) is 0.125. The van der Waals surface area contributed by atoms with Crippen molar-refractivity contribution in [1.29, 1.82) is 0 Å². The number of aromatic nitrogens is 2. The van der Waals surface area contributed by atoms with Crippen LogP contribution in [-0.4, -0.2) is 16.1 Å². The second-order valence-corrected chi connectivity index (χ2v) is 4.75. The lowest BCUT2D eigenvalue weighted by atomic mass is 10.1. The highest BCUT2D eigenvalue weighted by Crippen LogP contribution is 2.32. The molecule has 0 bridgehead atoms. The number of carbonyl (C=O) groups excluding carboxylic acids is 1. The number of nitrogens with zero attached hydrogens (tertiary/aromatic N) is 2. The highest BCUT2D eigenvalue weighted by Gasteiger charge is 2.30. The van der Waals surface area contributed by atoms with Crippen LogP contribution < -0.4 is 0 Å². The lowest BCUT2D eigenvalue weighted by molar-refractivity contribution is -0.137. The molecule has 21 heavy (non-hydrogen) atoms. The van der Waals surface area contributed by atoms with Gasteiger partial charge < -0.3 is 0 Å². The largest absolute Gasteiger partial charge is 0.416 e. The third kappa shape index (κ3) is 3.51. The van der Waals surface area contributed by atoms with Crippen LogP contribution >= 0.6 is 0 Å². The predicted molar refractivity (Wildman–Crippen MR) is 73.0 cm³/mol. The molecule has 1 aromatic carbocycles. The maximum atomic E-state index is 12.7. The molecule has 3 nitrogen and oxygen atoms in total. The Morgan fingerprint density at radius 3 is 2.71 bits per heavy atom. The van der Waals surface area contributed by atoms with Gasteiger partial charge in [-0.15, -0.1) is 0 Å². The van der Waals surface area contributed by atoms with Gasteiger partial charge in [0, 0.05) is 18.3 Å². The summed E-state index contributed by atoms with van der Waals surface area (Å²) in [6.07, 6.45) is -0.372. The van der Waals surface area contributed by atoms with E-state index in [0.29, 0.717) is 24.0 Å².